The molecule has 186 valence electrons. The van der Waals surface area contributed by atoms with E-state index in [1.165, 1.54) is 12.1 Å². The quantitative estimate of drug-likeness (QED) is 0.501. The normalized spacial score (nSPS) is 15.9. The minimum atomic E-state index is -4.29. The number of fused-ring (bicyclic) bond motifs is 1. The Morgan fingerprint density at radius 2 is 2.03 bits per heavy atom. The fourth-order valence-corrected chi connectivity index (χ4v) is 5.19. The molecule has 1 aliphatic heterocycles. The number of nitrogens with one attached hydrogen (secondary N) is 1. The second-order valence-electron chi connectivity index (χ2n) is 8.74. The number of aromatic amines is 1. The number of nitrogens with zero attached hydrogens (tertiary/aromatic N) is 2. The number of hydrogen-bond acceptors (Lipinski definition) is 8. The predicted molar refractivity (Wildman–Crippen MR) is 122 cm³/mol. The van der Waals surface area contributed by atoms with Crippen molar-refractivity contribution in [1.82, 2.24) is 10.2 Å². The predicted octanol–water partition coefficient (Wildman–Crippen LogP) is 3.37. The average molecular weight is 526 g/mol. The molecule has 1 atom stereocenters. The van der Waals surface area contributed by atoms with E-state index in [0.717, 1.165) is 22.5 Å². The van der Waals surface area contributed by atoms with Gasteiger partial charge in [0.1, 0.15) is 17.2 Å². The lowest BCUT2D eigenvalue weighted by Gasteiger charge is -2.34. The Hall–Kier alpha value is -3.38. The summed E-state index contributed by atoms with van der Waals surface area (Å²) in [7, 11) is -4.29. The highest BCUT2D eigenvalue weighted by atomic mass is 35.5. The third-order valence-electron chi connectivity index (χ3n) is 4.87. The molecule has 3 aromatic rings. The molecule has 0 amide bonds. The first-order valence-electron chi connectivity index (χ1n) is 10.4. The van der Waals surface area contributed by atoms with Crippen molar-refractivity contribution in [3.63, 3.8) is 0 Å². The Morgan fingerprint density at radius 1 is 1.29 bits per heavy atom. The third kappa shape index (κ3) is 5.33. The number of benzene rings is 2. The highest BCUT2D eigenvalue weighted by molar-refractivity contribution is 7.92. The van der Waals surface area contributed by atoms with E-state index in [2.05, 4.69) is 10.2 Å². The molecule has 0 saturated carbocycles. The molecule has 0 saturated heterocycles. The summed E-state index contributed by atoms with van der Waals surface area (Å²) in [5.41, 5.74) is -0.0869. The molecular formula is C22H21ClFN3O7S. The van der Waals surface area contributed by atoms with Crippen molar-refractivity contribution in [3.8, 4) is 5.75 Å². The van der Waals surface area contributed by atoms with Gasteiger partial charge in [-0.25, -0.2) is 22.7 Å². The maximum absolute atomic E-state index is 13.7. The molecule has 1 aliphatic rings. The molecule has 0 radical (unpaired) electrons. The number of anilines is 1. The number of H-pyrrole nitrogens is 1. The highest BCUT2D eigenvalue weighted by Crippen LogP contribution is 2.41. The second kappa shape index (κ2) is 9.00. The van der Waals surface area contributed by atoms with Crippen LogP contribution in [0.4, 0.5) is 10.1 Å². The molecule has 0 fully saturated rings. The summed E-state index contributed by atoms with van der Waals surface area (Å²) in [6.45, 7) is 4.89. The fraction of sp³-hybridized carbons (Fsp3) is 0.318. The number of aromatic nitrogens is 2. The van der Waals surface area contributed by atoms with Crippen molar-refractivity contribution in [2.24, 2.45) is 0 Å². The van der Waals surface area contributed by atoms with Crippen molar-refractivity contribution in [3.05, 3.63) is 69.2 Å². The summed E-state index contributed by atoms with van der Waals surface area (Å²) in [5.74, 6) is -2.12. The van der Waals surface area contributed by atoms with Crippen LogP contribution >= 0.6 is 11.6 Å². The standard InChI is InChI=1S/C22H21ClFN3O7S/c1-22(2,3)34-19(28)9-12-4-7-17-16(8-12)27(11-18(32-17)20-25-26-21(29)33-20)35(30,31)13-5-6-15(24)14(23)10-13/h4-8,10,18H,9,11H2,1-3H3,(H,26,29)/t18-/m1/s1. The van der Waals surface area contributed by atoms with Gasteiger partial charge in [-0.15, -0.1) is 5.10 Å². The van der Waals surface area contributed by atoms with E-state index in [9.17, 15) is 22.4 Å². The Kier molecular flexibility index (Phi) is 6.36. The number of rotatable bonds is 5. The number of esters is 1. The van der Waals surface area contributed by atoms with Crippen LogP contribution in [0.15, 0.2) is 50.5 Å². The van der Waals surface area contributed by atoms with Crippen LogP contribution in [0, 0.1) is 5.82 Å². The largest absolute Gasteiger partial charge is 0.476 e. The van der Waals surface area contributed by atoms with Crippen LogP contribution < -0.4 is 14.8 Å². The summed E-state index contributed by atoms with van der Waals surface area (Å²) in [5, 5.41) is 5.48. The molecule has 13 heteroatoms. The van der Waals surface area contributed by atoms with Gasteiger partial charge in [-0.3, -0.25) is 9.10 Å². The third-order valence-corrected chi connectivity index (χ3v) is 6.94. The molecule has 2 aromatic carbocycles. The molecular weight excluding hydrogens is 505 g/mol. The van der Waals surface area contributed by atoms with Gasteiger partial charge in [0.2, 0.25) is 0 Å². The number of ether oxygens (including phenoxy) is 2. The number of carbonyl (C=O) groups is 1. The van der Waals surface area contributed by atoms with Crippen LogP contribution in [-0.4, -0.2) is 36.7 Å². The molecule has 1 aromatic heterocycles. The van der Waals surface area contributed by atoms with Gasteiger partial charge in [0.05, 0.1) is 28.6 Å². The lowest BCUT2D eigenvalue weighted by Crippen LogP contribution is -2.40. The van der Waals surface area contributed by atoms with Gasteiger partial charge in [0.15, 0.2) is 6.10 Å². The van der Waals surface area contributed by atoms with Gasteiger partial charge >= 0.3 is 11.7 Å². The SMILES string of the molecule is CC(C)(C)OC(=O)Cc1ccc2c(c1)N(S(=O)(=O)c1ccc(F)c(Cl)c1)C[C@H](c1n[nH]c(=O)o1)O2. The molecule has 1 N–H and O–H groups in total. The van der Waals surface area contributed by atoms with E-state index >= 15 is 0 Å². The number of hydrogen-bond donors (Lipinski definition) is 1. The van der Waals surface area contributed by atoms with Crippen LogP contribution in [0.3, 0.4) is 0 Å². The van der Waals surface area contributed by atoms with Gasteiger partial charge in [-0.2, -0.15) is 0 Å². The summed E-state index contributed by atoms with van der Waals surface area (Å²) >= 11 is 5.82. The van der Waals surface area contributed by atoms with Crippen LogP contribution in [0.25, 0.3) is 0 Å². The van der Waals surface area contributed by atoms with E-state index in [1.54, 1.807) is 26.8 Å². The first-order valence-corrected chi connectivity index (χ1v) is 12.2. The van der Waals surface area contributed by atoms with E-state index in [0.29, 0.717) is 5.56 Å². The van der Waals surface area contributed by atoms with Gasteiger partial charge < -0.3 is 13.9 Å². The molecule has 0 bridgehead atoms. The topological polar surface area (TPSA) is 132 Å². The highest BCUT2D eigenvalue weighted by Gasteiger charge is 2.38. The van der Waals surface area contributed by atoms with Gasteiger partial charge in [-0.1, -0.05) is 17.7 Å². The van der Waals surface area contributed by atoms with Crippen LogP contribution in [0.5, 0.6) is 5.75 Å². The van der Waals surface area contributed by atoms with Crippen molar-refractivity contribution in [1.29, 1.82) is 0 Å². The summed E-state index contributed by atoms with van der Waals surface area (Å²) < 4.78 is 58.0. The summed E-state index contributed by atoms with van der Waals surface area (Å²) in [6, 6.07) is 7.59. The molecule has 0 aliphatic carbocycles. The minimum Gasteiger partial charge on any atom is -0.476 e. The zero-order valence-electron chi connectivity index (χ0n) is 18.9. The molecule has 4 rings (SSSR count). The maximum atomic E-state index is 13.7. The fourth-order valence-electron chi connectivity index (χ4n) is 3.45. The Labute approximate surface area is 204 Å². The first-order chi connectivity index (χ1) is 16.3. The van der Waals surface area contributed by atoms with Crippen molar-refractivity contribution >= 4 is 33.3 Å². The summed E-state index contributed by atoms with van der Waals surface area (Å²) in [4.78, 5) is 23.5. The van der Waals surface area contributed by atoms with E-state index < -0.39 is 39.3 Å². The zero-order valence-corrected chi connectivity index (χ0v) is 20.4. The lowest BCUT2D eigenvalue weighted by molar-refractivity contribution is -0.153. The van der Waals surface area contributed by atoms with Crippen molar-refractivity contribution < 1.29 is 31.5 Å². The average Bonchev–Trinajstić information content (AvgIpc) is 3.19. The number of carbonyl (C=O) groups excluding carboxylic acids is 1. The summed E-state index contributed by atoms with van der Waals surface area (Å²) in [6.07, 6.45) is -1.18. The Bertz CT molecular complexity index is 1450. The van der Waals surface area contributed by atoms with Gasteiger partial charge in [0, 0.05) is 0 Å². The van der Waals surface area contributed by atoms with Crippen LogP contribution in [-0.2, 0) is 26.0 Å². The lowest BCUT2D eigenvalue weighted by atomic mass is 10.1. The second-order valence-corrected chi connectivity index (χ2v) is 11.0. The smallest absolute Gasteiger partial charge is 0.434 e. The van der Waals surface area contributed by atoms with Crippen molar-refractivity contribution in [2.45, 2.75) is 43.8 Å². The maximum Gasteiger partial charge on any atom is 0.434 e. The number of halogens is 2. The molecule has 2 heterocycles. The molecule has 35 heavy (non-hydrogen) atoms. The molecule has 0 spiro atoms. The minimum absolute atomic E-state index is 0.113. The zero-order chi connectivity index (χ0) is 25.5. The van der Waals surface area contributed by atoms with Gasteiger partial charge in [0.25, 0.3) is 15.9 Å². The van der Waals surface area contributed by atoms with E-state index in [-0.39, 0.29) is 40.2 Å². The van der Waals surface area contributed by atoms with Gasteiger partial charge in [-0.05, 0) is 56.7 Å². The molecule has 0 unspecified atom stereocenters. The monoisotopic (exact) mass is 525 g/mol. The molecule has 10 nitrogen and oxygen atoms in total. The van der Waals surface area contributed by atoms with E-state index in [1.807, 2.05) is 0 Å². The van der Waals surface area contributed by atoms with Crippen LogP contribution in [0.1, 0.15) is 38.3 Å². The Morgan fingerprint density at radius 3 is 2.66 bits per heavy atom. The number of sulfonamides is 1. The van der Waals surface area contributed by atoms with E-state index in [4.69, 9.17) is 25.5 Å². The van der Waals surface area contributed by atoms with Crippen molar-refractivity contribution in [2.75, 3.05) is 10.8 Å². The Balaban J connectivity index is 1.76. The first kappa shape index (κ1) is 24.7. The van der Waals surface area contributed by atoms with Crippen LogP contribution in [0.2, 0.25) is 5.02 Å².